The summed E-state index contributed by atoms with van der Waals surface area (Å²) in [5, 5.41) is 3.19. The van der Waals surface area contributed by atoms with Gasteiger partial charge in [-0.3, -0.25) is 4.79 Å². The number of nitrogens with one attached hydrogen (secondary N) is 1. The first-order valence-corrected chi connectivity index (χ1v) is 11.8. The highest BCUT2D eigenvalue weighted by Gasteiger charge is 2.43. The summed E-state index contributed by atoms with van der Waals surface area (Å²) in [6.45, 7) is 8.98. The summed E-state index contributed by atoms with van der Waals surface area (Å²) in [5.74, 6) is 0.0396. The van der Waals surface area contributed by atoms with E-state index in [1.807, 2.05) is 18.2 Å². The maximum atomic E-state index is 13.2. The first kappa shape index (κ1) is 22.5. The molecule has 1 aliphatic rings. The topological polar surface area (TPSA) is 32.3 Å². The summed E-state index contributed by atoms with van der Waals surface area (Å²) >= 11 is 7.04. The van der Waals surface area contributed by atoms with E-state index < -0.39 is 0 Å². The minimum atomic E-state index is -0.118. The van der Waals surface area contributed by atoms with Crippen LogP contribution in [0.3, 0.4) is 0 Å². The van der Waals surface area contributed by atoms with Gasteiger partial charge >= 0.3 is 0 Å². The minimum absolute atomic E-state index is 0.0890. The van der Waals surface area contributed by atoms with Crippen LogP contribution in [0.15, 0.2) is 45.3 Å². The standard InChI is InChI=1S/C24H30Br2N2O/c1-16-5-6-20(11-17(16)2)24(7-9-28(4)10-8-24)18(3)23(29)27-15-19-12-21(25)14-22(26)13-19/h5-6,11-14,18H,7-10,15H2,1-4H3,(H,27,29). The molecular weight excluding hydrogens is 492 g/mol. The van der Waals surface area contributed by atoms with Crippen LogP contribution < -0.4 is 5.32 Å². The molecule has 5 heteroatoms. The Bertz CT molecular complexity index is 868. The molecule has 1 N–H and O–H groups in total. The molecule has 0 saturated carbocycles. The van der Waals surface area contributed by atoms with Crippen molar-refractivity contribution in [1.82, 2.24) is 10.2 Å². The number of benzene rings is 2. The molecule has 1 aliphatic heterocycles. The van der Waals surface area contributed by atoms with E-state index in [9.17, 15) is 4.79 Å². The van der Waals surface area contributed by atoms with E-state index in [1.165, 1.54) is 16.7 Å². The molecule has 1 fully saturated rings. The van der Waals surface area contributed by atoms with Gasteiger partial charge in [0, 0.05) is 26.8 Å². The van der Waals surface area contributed by atoms with Crippen molar-refractivity contribution in [3.63, 3.8) is 0 Å². The second-order valence-corrected chi connectivity index (χ2v) is 10.3. The lowest BCUT2D eigenvalue weighted by molar-refractivity contribution is -0.127. The number of rotatable bonds is 5. The average molecular weight is 522 g/mol. The molecule has 0 bridgehead atoms. The fourth-order valence-corrected chi connectivity index (χ4v) is 5.74. The van der Waals surface area contributed by atoms with Crippen molar-refractivity contribution in [2.75, 3.05) is 20.1 Å². The first-order chi connectivity index (χ1) is 13.7. The second-order valence-electron chi connectivity index (χ2n) is 8.48. The van der Waals surface area contributed by atoms with Gasteiger partial charge < -0.3 is 10.2 Å². The van der Waals surface area contributed by atoms with Gasteiger partial charge in [0.15, 0.2) is 0 Å². The Morgan fingerprint density at radius 3 is 2.28 bits per heavy atom. The van der Waals surface area contributed by atoms with Gasteiger partial charge in [-0.1, -0.05) is 57.0 Å². The van der Waals surface area contributed by atoms with E-state index >= 15 is 0 Å². The second kappa shape index (κ2) is 9.32. The molecule has 29 heavy (non-hydrogen) atoms. The fourth-order valence-electron chi connectivity index (χ4n) is 4.35. The number of carbonyl (C=O) groups is 1. The Morgan fingerprint density at radius 2 is 1.69 bits per heavy atom. The number of halogens is 2. The molecule has 3 rings (SSSR count). The minimum Gasteiger partial charge on any atom is -0.352 e. The molecule has 1 unspecified atom stereocenters. The third kappa shape index (κ3) is 5.12. The van der Waals surface area contributed by atoms with Crippen LogP contribution in [0.1, 0.15) is 42.0 Å². The lowest BCUT2D eigenvalue weighted by atomic mass is 9.64. The number of likely N-dealkylation sites (tertiary alicyclic amines) is 1. The molecule has 0 aromatic heterocycles. The summed E-state index contributed by atoms with van der Waals surface area (Å²) in [7, 11) is 2.17. The van der Waals surface area contributed by atoms with Gasteiger partial charge in [-0.05, 0) is 87.3 Å². The van der Waals surface area contributed by atoms with Gasteiger partial charge in [-0.25, -0.2) is 0 Å². The van der Waals surface area contributed by atoms with E-state index in [0.29, 0.717) is 6.54 Å². The Kier molecular flexibility index (Phi) is 7.23. The molecule has 1 heterocycles. The van der Waals surface area contributed by atoms with Crippen molar-refractivity contribution in [1.29, 1.82) is 0 Å². The third-order valence-corrected chi connectivity index (χ3v) is 7.49. The molecule has 1 amide bonds. The van der Waals surface area contributed by atoms with Gasteiger partial charge in [0.2, 0.25) is 5.91 Å². The van der Waals surface area contributed by atoms with Crippen LogP contribution in [0.4, 0.5) is 0 Å². The highest BCUT2D eigenvalue weighted by molar-refractivity contribution is 9.11. The summed E-state index contributed by atoms with van der Waals surface area (Å²) in [6, 6.07) is 12.8. The lowest BCUT2D eigenvalue weighted by Crippen LogP contribution is -2.49. The monoisotopic (exact) mass is 520 g/mol. The molecule has 2 aromatic carbocycles. The highest BCUT2D eigenvalue weighted by atomic mass is 79.9. The van der Waals surface area contributed by atoms with Crippen molar-refractivity contribution < 1.29 is 4.79 Å². The van der Waals surface area contributed by atoms with Crippen LogP contribution in [-0.4, -0.2) is 30.9 Å². The van der Waals surface area contributed by atoms with Crippen molar-refractivity contribution >= 4 is 37.8 Å². The van der Waals surface area contributed by atoms with Crippen LogP contribution in [0.5, 0.6) is 0 Å². The fraction of sp³-hybridized carbons (Fsp3) is 0.458. The number of hydrogen-bond acceptors (Lipinski definition) is 2. The average Bonchev–Trinajstić information content (AvgIpc) is 2.68. The van der Waals surface area contributed by atoms with Crippen molar-refractivity contribution in [3.8, 4) is 0 Å². The van der Waals surface area contributed by atoms with E-state index in [0.717, 1.165) is 40.4 Å². The van der Waals surface area contributed by atoms with E-state index in [-0.39, 0.29) is 17.2 Å². The summed E-state index contributed by atoms with van der Waals surface area (Å²) < 4.78 is 2.01. The molecule has 1 saturated heterocycles. The normalized spacial score (nSPS) is 17.7. The molecule has 2 aromatic rings. The number of hydrogen-bond donors (Lipinski definition) is 1. The Hall–Kier alpha value is -1.17. The third-order valence-electron chi connectivity index (χ3n) is 6.57. The van der Waals surface area contributed by atoms with Gasteiger partial charge in [0.1, 0.15) is 0 Å². The first-order valence-electron chi connectivity index (χ1n) is 10.2. The molecule has 1 atom stereocenters. The maximum Gasteiger partial charge on any atom is 0.223 e. The highest BCUT2D eigenvalue weighted by Crippen LogP contribution is 2.42. The summed E-state index contributed by atoms with van der Waals surface area (Å²) in [4.78, 5) is 15.6. The number of amides is 1. The van der Waals surface area contributed by atoms with Crippen LogP contribution >= 0.6 is 31.9 Å². The number of aryl methyl sites for hydroxylation is 2. The quantitative estimate of drug-likeness (QED) is 0.543. The van der Waals surface area contributed by atoms with E-state index in [4.69, 9.17) is 0 Å². The van der Waals surface area contributed by atoms with Crippen LogP contribution in [0.25, 0.3) is 0 Å². The predicted octanol–water partition coefficient (Wildman–Crippen LogP) is 5.74. The maximum absolute atomic E-state index is 13.2. The zero-order valence-corrected chi connectivity index (χ0v) is 20.9. The number of piperidine rings is 1. The van der Waals surface area contributed by atoms with Gasteiger partial charge in [0.05, 0.1) is 0 Å². The van der Waals surface area contributed by atoms with E-state index in [2.05, 4.69) is 88.1 Å². The van der Waals surface area contributed by atoms with Gasteiger partial charge in [-0.2, -0.15) is 0 Å². The number of nitrogens with zero attached hydrogens (tertiary/aromatic N) is 1. The van der Waals surface area contributed by atoms with Crippen molar-refractivity contribution in [2.45, 2.75) is 45.6 Å². The summed E-state index contributed by atoms with van der Waals surface area (Å²) in [5.41, 5.74) is 4.87. The Labute approximate surface area is 191 Å². The number of carbonyl (C=O) groups excluding carboxylic acids is 1. The van der Waals surface area contributed by atoms with Crippen LogP contribution in [0, 0.1) is 19.8 Å². The molecular formula is C24H30Br2N2O. The van der Waals surface area contributed by atoms with Crippen LogP contribution in [-0.2, 0) is 16.8 Å². The molecule has 0 spiro atoms. The van der Waals surface area contributed by atoms with Crippen LogP contribution in [0.2, 0.25) is 0 Å². The molecule has 3 nitrogen and oxygen atoms in total. The molecule has 0 aliphatic carbocycles. The van der Waals surface area contributed by atoms with Crippen molar-refractivity contribution in [3.05, 3.63) is 67.6 Å². The predicted molar refractivity (Wildman–Crippen MR) is 127 cm³/mol. The Balaban J connectivity index is 1.83. The molecule has 0 radical (unpaired) electrons. The van der Waals surface area contributed by atoms with Crippen molar-refractivity contribution in [2.24, 2.45) is 5.92 Å². The lowest BCUT2D eigenvalue weighted by Gasteiger charge is -2.45. The zero-order valence-electron chi connectivity index (χ0n) is 17.7. The largest absolute Gasteiger partial charge is 0.352 e. The smallest absolute Gasteiger partial charge is 0.223 e. The Morgan fingerprint density at radius 1 is 1.07 bits per heavy atom. The zero-order chi connectivity index (χ0) is 21.2. The molecule has 156 valence electrons. The van der Waals surface area contributed by atoms with Gasteiger partial charge in [-0.15, -0.1) is 0 Å². The van der Waals surface area contributed by atoms with Gasteiger partial charge in [0.25, 0.3) is 0 Å². The SMILES string of the molecule is Cc1ccc(C2(C(C)C(=O)NCc3cc(Br)cc(Br)c3)CCN(C)CC2)cc1C. The van der Waals surface area contributed by atoms with E-state index in [1.54, 1.807) is 0 Å². The summed E-state index contributed by atoms with van der Waals surface area (Å²) in [6.07, 6.45) is 2.01.